The quantitative estimate of drug-likeness (QED) is 0.263. The minimum absolute atomic E-state index is 0. The Balaban J connectivity index is -0.000000482. The van der Waals surface area contributed by atoms with Gasteiger partial charge < -0.3 is 34.0 Å². The van der Waals surface area contributed by atoms with Crippen LogP contribution in [0.25, 0.3) is 0 Å². The van der Waals surface area contributed by atoms with Crippen LogP contribution in [-0.2, 0) is 0 Å². The fraction of sp³-hybridized carbons (Fsp3) is 1.00. The van der Waals surface area contributed by atoms with Gasteiger partial charge in [0, 0.05) is 0 Å². The molecule has 0 aromatic heterocycles. The fourth-order valence-corrected chi connectivity index (χ4v) is 2.62. The zero-order valence-corrected chi connectivity index (χ0v) is 19.4. The van der Waals surface area contributed by atoms with Crippen molar-refractivity contribution in [3.63, 3.8) is 0 Å². The van der Waals surface area contributed by atoms with Crippen LogP contribution >= 0.6 is 0 Å². The van der Waals surface area contributed by atoms with Gasteiger partial charge in [-0.15, -0.1) is 0 Å². The summed E-state index contributed by atoms with van der Waals surface area (Å²) in [4.78, 5) is 0. The first-order valence-electron chi connectivity index (χ1n) is 8.91. The van der Waals surface area contributed by atoms with E-state index in [0.29, 0.717) is 0 Å². The Morgan fingerprint density at radius 2 is 0.476 bits per heavy atom. The summed E-state index contributed by atoms with van der Waals surface area (Å²) in [6.07, 6.45) is 23.4. The first kappa shape index (κ1) is 30.6. The number of halogens is 2. The summed E-state index contributed by atoms with van der Waals surface area (Å²) in [5, 5.41) is 0. The normalized spacial score (nSPS) is 9.43. The van der Waals surface area contributed by atoms with E-state index in [1.807, 2.05) is 0 Å². The molecule has 0 saturated heterocycles. The topological polar surface area (TPSA) is 0 Å². The molecule has 0 atom stereocenters. The van der Waals surface area contributed by atoms with Crippen molar-refractivity contribution in [2.45, 2.75) is 117 Å². The van der Waals surface area contributed by atoms with E-state index in [2.05, 4.69) is 13.8 Å². The fourth-order valence-electron chi connectivity index (χ4n) is 2.62. The third-order valence-electron chi connectivity index (χ3n) is 3.96. The molecule has 21 heavy (non-hydrogen) atoms. The third kappa shape index (κ3) is 30.2. The van der Waals surface area contributed by atoms with E-state index in [0.717, 1.165) is 0 Å². The smallest absolute Gasteiger partial charge is 1.00 e. The second-order valence-electron chi connectivity index (χ2n) is 5.95. The van der Waals surface area contributed by atoms with Crippen LogP contribution in [-0.4, -0.2) is 23.1 Å². The maximum Gasteiger partial charge on any atom is 2.00 e. The maximum absolute atomic E-state index is 2.29. The van der Waals surface area contributed by atoms with Crippen LogP contribution in [0, 0.1) is 0 Å². The van der Waals surface area contributed by atoms with Gasteiger partial charge in [-0.3, -0.25) is 0 Å². The SMILES string of the molecule is CCCCCCCCCCCCCCCCCC.[Br-].[Br-].[Mg+2]. The Bertz CT molecular complexity index is 127. The molecule has 0 unspecified atom stereocenters. The molecule has 0 spiro atoms. The molecule has 0 aliphatic rings. The number of unbranched alkanes of at least 4 members (excludes halogenated alkanes) is 15. The first-order valence-corrected chi connectivity index (χ1v) is 8.91. The van der Waals surface area contributed by atoms with Gasteiger partial charge in [0.1, 0.15) is 0 Å². The molecule has 0 rings (SSSR count). The Hall–Kier alpha value is 1.73. The van der Waals surface area contributed by atoms with Crippen molar-refractivity contribution in [1.29, 1.82) is 0 Å². The Morgan fingerprint density at radius 1 is 0.333 bits per heavy atom. The monoisotopic (exact) mass is 436 g/mol. The molecule has 0 heterocycles. The third-order valence-corrected chi connectivity index (χ3v) is 3.96. The van der Waals surface area contributed by atoms with Crippen LogP contribution in [0.2, 0.25) is 0 Å². The summed E-state index contributed by atoms with van der Waals surface area (Å²) >= 11 is 0. The molecule has 0 N–H and O–H groups in total. The number of rotatable bonds is 15. The average Bonchev–Trinajstić information content (AvgIpc) is 2.39. The predicted molar refractivity (Wildman–Crippen MR) is 91.0 cm³/mol. The zero-order valence-electron chi connectivity index (χ0n) is 14.8. The van der Waals surface area contributed by atoms with E-state index < -0.39 is 0 Å². The van der Waals surface area contributed by atoms with Gasteiger partial charge in [0.2, 0.25) is 0 Å². The van der Waals surface area contributed by atoms with Crippen molar-refractivity contribution in [2.24, 2.45) is 0 Å². The van der Waals surface area contributed by atoms with Crippen molar-refractivity contribution in [2.75, 3.05) is 0 Å². The van der Waals surface area contributed by atoms with Gasteiger partial charge in [-0.1, -0.05) is 117 Å². The minimum atomic E-state index is 0. The van der Waals surface area contributed by atoms with Crippen molar-refractivity contribution in [1.82, 2.24) is 0 Å². The molecule has 0 fully saturated rings. The molecule has 126 valence electrons. The van der Waals surface area contributed by atoms with Crippen LogP contribution in [0.1, 0.15) is 117 Å². The minimum Gasteiger partial charge on any atom is -1.00 e. The van der Waals surface area contributed by atoms with Gasteiger partial charge in [-0.25, -0.2) is 0 Å². The molecular weight excluding hydrogens is 400 g/mol. The van der Waals surface area contributed by atoms with Gasteiger partial charge in [-0.05, 0) is 0 Å². The van der Waals surface area contributed by atoms with Crippen LogP contribution in [0.15, 0.2) is 0 Å². The Morgan fingerprint density at radius 3 is 0.619 bits per heavy atom. The predicted octanol–water partition coefficient (Wildman–Crippen LogP) is 0.895. The number of hydrogen-bond donors (Lipinski definition) is 0. The van der Waals surface area contributed by atoms with Crippen LogP contribution in [0.3, 0.4) is 0 Å². The van der Waals surface area contributed by atoms with E-state index in [-0.39, 0.29) is 57.0 Å². The molecule has 0 amide bonds. The van der Waals surface area contributed by atoms with E-state index in [1.165, 1.54) is 103 Å². The molecule has 3 heteroatoms. The van der Waals surface area contributed by atoms with Crippen LogP contribution in [0.4, 0.5) is 0 Å². The summed E-state index contributed by atoms with van der Waals surface area (Å²) < 4.78 is 0. The maximum atomic E-state index is 2.29. The Kier molecular flexibility index (Phi) is 43.3. The van der Waals surface area contributed by atoms with Crippen molar-refractivity contribution in [3.8, 4) is 0 Å². The van der Waals surface area contributed by atoms with Gasteiger partial charge >= 0.3 is 23.1 Å². The average molecular weight is 439 g/mol. The number of hydrogen-bond acceptors (Lipinski definition) is 0. The van der Waals surface area contributed by atoms with E-state index in [1.54, 1.807) is 0 Å². The second-order valence-corrected chi connectivity index (χ2v) is 5.95. The van der Waals surface area contributed by atoms with Crippen molar-refractivity contribution >= 4 is 23.1 Å². The summed E-state index contributed by atoms with van der Waals surface area (Å²) in [6, 6.07) is 0. The molecular formula is C18H38Br2Mg. The van der Waals surface area contributed by atoms with Crippen molar-refractivity contribution < 1.29 is 34.0 Å². The summed E-state index contributed by atoms with van der Waals surface area (Å²) in [5.74, 6) is 0. The molecule has 0 nitrogen and oxygen atoms in total. The molecule has 0 bridgehead atoms. The molecule has 0 saturated carbocycles. The molecule has 0 aliphatic heterocycles. The van der Waals surface area contributed by atoms with Gasteiger partial charge in [0.25, 0.3) is 0 Å². The van der Waals surface area contributed by atoms with Gasteiger partial charge in [0.15, 0.2) is 0 Å². The van der Waals surface area contributed by atoms with Crippen molar-refractivity contribution in [3.05, 3.63) is 0 Å². The largest absolute Gasteiger partial charge is 2.00 e. The molecule has 0 aromatic rings. The van der Waals surface area contributed by atoms with Crippen LogP contribution in [0.5, 0.6) is 0 Å². The van der Waals surface area contributed by atoms with Gasteiger partial charge in [-0.2, -0.15) is 0 Å². The Labute approximate surface area is 172 Å². The molecule has 0 aliphatic carbocycles. The summed E-state index contributed by atoms with van der Waals surface area (Å²) in [7, 11) is 0. The van der Waals surface area contributed by atoms with E-state index >= 15 is 0 Å². The zero-order chi connectivity index (χ0) is 13.3. The first-order chi connectivity index (χ1) is 8.91. The summed E-state index contributed by atoms with van der Waals surface area (Å²) in [6.45, 7) is 4.59. The second kappa shape index (κ2) is 29.7. The molecule has 0 radical (unpaired) electrons. The van der Waals surface area contributed by atoms with Crippen LogP contribution < -0.4 is 34.0 Å². The van der Waals surface area contributed by atoms with E-state index in [4.69, 9.17) is 0 Å². The van der Waals surface area contributed by atoms with Gasteiger partial charge in [0.05, 0.1) is 0 Å². The standard InChI is InChI=1S/C18H38.2BrH.Mg/c1-3-5-7-9-11-13-15-17-18-16-14-12-10-8-6-4-2;;;/h3-18H2,1-2H3;2*1H;/q;;;+2/p-2. The summed E-state index contributed by atoms with van der Waals surface area (Å²) in [5.41, 5.74) is 0. The van der Waals surface area contributed by atoms with E-state index in [9.17, 15) is 0 Å². The molecule has 0 aromatic carbocycles.